The molecule has 2 heterocycles. The first-order valence-corrected chi connectivity index (χ1v) is 9.45. The predicted molar refractivity (Wildman–Crippen MR) is 89.2 cm³/mol. The van der Waals surface area contributed by atoms with E-state index in [1.54, 1.807) is 0 Å². The largest absolute Gasteiger partial charge is 2.00 e. The van der Waals surface area contributed by atoms with Crippen molar-refractivity contribution in [2.75, 3.05) is 13.1 Å². The summed E-state index contributed by atoms with van der Waals surface area (Å²) in [5.74, 6) is 1.43. The van der Waals surface area contributed by atoms with Gasteiger partial charge in [-0.15, -0.1) is 25.2 Å². The molecule has 2 N–H and O–H groups in total. The van der Waals surface area contributed by atoms with Crippen LogP contribution < -0.4 is 0 Å². The molecule has 4 fully saturated rings. The maximum Gasteiger partial charge on any atom is 2.00 e. The molecule has 2 saturated carbocycles. The van der Waals surface area contributed by atoms with Gasteiger partial charge < -0.3 is 20.8 Å². The van der Waals surface area contributed by atoms with E-state index in [4.69, 9.17) is 0 Å². The van der Waals surface area contributed by atoms with Crippen LogP contribution in [0.1, 0.15) is 64.2 Å². The van der Waals surface area contributed by atoms with E-state index in [-0.39, 0.29) is 29.3 Å². The standard InChI is InChI=1S/2C9H16NO.Mn/c2*11-8-5-1-3-7-4-2-6-10-9(7)8;/h2*7-9,11H,1-6H2;/q2*-1;+2. The molecule has 6 atom stereocenters. The van der Waals surface area contributed by atoms with Crippen molar-refractivity contribution in [3.05, 3.63) is 10.6 Å². The number of fused-ring (bicyclic) bond motifs is 2. The summed E-state index contributed by atoms with van der Waals surface area (Å²) in [7, 11) is 0. The van der Waals surface area contributed by atoms with Gasteiger partial charge in [-0.2, -0.15) is 0 Å². The Bertz CT molecular complexity index is 309. The van der Waals surface area contributed by atoms with E-state index in [1.165, 1.54) is 51.4 Å². The quantitative estimate of drug-likeness (QED) is 0.648. The minimum absolute atomic E-state index is 0. The van der Waals surface area contributed by atoms with Crippen LogP contribution in [-0.2, 0) is 17.1 Å². The number of piperidine rings is 2. The average Bonchev–Trinajstić information content (AvgIpc) is 2.57. The molecular formula is C18H32MnN2O2. The molecular weight excluding hydrogens is 331 g/mol. The number of hydrogen-bond acceptors (Lipinski definition) is 2. The Balaban J connectivity index is 0.000000160. The van der Waals surface area contributed by atoms with Gasteiger partial charge >= 0.3 is 17.1 Å². The fourth-order valence-electron chi connectivity index (χ4n) is 4.85. The van der Waals surface area contributed by atoms with Gasteiger partial charge in [0.05, 0.1) is 0 Å². The molecule has 4 aliphatic rings. The molecule has 0 aromatic carbocycles. The smallest absolute Gasteiger partial charge is 0.657 e. The van der Waals surface area contributed by atoms with Crippen molar-refractivity contribution in [2.45, 2.75) is 88.5 Å². The molecule has 133 valence electrons. The van der Waals surface area contributed by atoms with Crippen LogP contribution in [0.2, 0.25) is 0 Å². The van der Waals surface area contributed by atoms with Crippen molar-refractivity contribution in [1.29, 1.82) is 0 Å². The Kier molecular flexibility index (Phi) is 8.34. The Hall–Kier alpha value is 0.359. The van der Waals surface area contributed by atoms with Gasteiger partial charge in [-0.3, -0.25) is 0 Å². The third-order valence-corrected chi connectivity index (χ3v) is 6.05. The van der Waals surface area contributed by atoms with E-state index < -0.39 is 0 Å². The molecule has 0 spiro atoms. The van der Waals surface area contributed by atoms with Crippen molar-refractivity contribution in [2.24, 2.45) is 11.8 Å². The average molecular weight is 363 g/mol. The number of nitrogens with zero attached hydrogens (tertiary/aromatic N) is 2. The molecule has 4 nitrogen and oxygen atoms in total. The molecule has 2 aliphatic carbocycles. The van der Waals surface area contributed by atoms with Crippen LogP contribution in [0.5, 0.6) is 0 Å². The maximum absolute atomic E-state index is 9.61. The molecule has 5 heteroatoms. The molecule has 0 bridgehead atoms. The molecule has 2 saturated heterocycles. The summed E-state index contributed by atoms with van der Waals surface area (Å²) in [6.07, 6.45) is 11.8. The van der Waals surface area contributed by atoms with Gasteiger partial charge in [0.25, 0.3) is 0 Å². The van der Waals surface area contributed by atoms with Gasteiger partial charge in [0.15, 0.2) is 0 Å². The predicted octanol–water partition coefficient (Wildman–Crippen LogP) is 3.36. The van der Waals surface area contributed by atoms with Crippen molar-refractivity contribution in [1.82, 2.24) is 0 Å². The SMILES string of the molecule is OC1CCCC2CCC[N-]C12.OC1CCCC2CCC[N-]C12.[Mn+2]. The van der Waals surface area contributed by atoms with E-state index in [0.717, 1.165) is 25.9 Å². The fourth-order valence-corrected chi connectivity index (χ4v) is 4.85. The second-order valence-electron chi connectivity index (χ2n) is 7.59. The summed E-state index contributed by atoms with van der Waals surface area (Å²) >= 11 is 0. The van der Waals surface area contributed by atoms with Gasteiger partial charge in [-0.25, -0.2) is 0 Å². The van der Waals surface area contributed by atoms with Gasteiger partial charge in [0.1, 0.15) is 0 Å². The van der Waals surface area contributed by atoms with Crippen LogP contribution in [0.4, 0.5) is 0 Å². The van der Waals surface area contributed by atoms with Crippen molar-refractivity contribution >= 4 is 0 Å². The van der Waals surface area contributed by atoms with Crippen LogP contribution in [-0.4, -0.2) is 47.6 Å². The Morgan fingerprint density at radius 1 is 0.565 bits per heavy atom. The summed E-state index contributed by atoms with van der Waals surface area (Å²) in [5.41, 5.74) is 0. The first kappa shape index (κ1) is 19.7. The summed E-state index contributed by atoms with van der Waals surface area (Å²) in [6.45, 7) is 1.97. The first-order valence-electron chi connectivity index (χ1n) is 9.45. The summed E-state index contributed by atoms with van der Waals surface area (Å²) in [4.78, 5) is 0. The van der Waals surface area contributed by atoms with Crippen LogP contribution in [0.3, 0.4) is 0 Å². The van der Waals surface area contributed by atoms with E-state index >= 15 is 0 Å². The zero-order valence-corrected chi connectivity index (χ0v) is 15.3. The van der Waals surface area contributed by atoms with Gasteiger partial charge in [0.2, 0.25) is 0 Å². The third-order valence-electron chi connectivity index (χ3n) is 6.05. The second-order valence-corrected chi connectivity index (χ2v) is 7.59. The first-order chi connectivity index (χ1) is 10.8. The molecule has 0 aromatic heterocycles. The number of rotatable bonds is 0. The molecule has 23 heavy (non-hydrogen) atoms. The van der Waals surface area contributed by atoms with E-state index in [9.17, 15) is 10.2 Å². The fraction of sp³-hybridized carbons (Fsp3) is 1.00. The van der Waals surface area contributed by atoms with Crippen molar-refractivity contribution in [3.8, 4) is 0 Å². The molecule has 6 unspecified atom stereocenters. The van der Waals surface area contributed by atoms with Crippen molar-refractivity contribution < 1.29 is 27.3 Å². The normalized spacial score (nSPS) is 43.0. The van der Waals surface area contributed by atoms with Crippen molar-refractivity contribution in [3.63, 3.8) is 0 Å². The summed E-state index contributed by atoms with van der Waals surface area (Å²) < 4.78 is 0. The number of aliphatic hydroxyl groups is 2. The van der Waals surface area contributed by atoms with Crippen LogP contribution in [0.25, 0.3) is 10.6 Å². The minimum Gasteiger partial charge on any atom is -0.657 e. The van der Waals surface area contributed by atoms with E-state index in [2.05, 4.69) is 10.6 Å². The monoisotopic (exact) mass is 363 g/mol. The summed E-state index contributed by atoms with van der Waals surface area (Å²) in [6, 6.07) is 0.606. The molecule has 2 aliphatic heterocycles. The molecule has 0 amide bonds. The third kappa shape index (κ3) is 5.17. The zero-order valence-electron chi connectivity index (χ0n) is 14.1. The maximum atomic E-state index is 9.61. The second kappa shape index (κ2) is 9.74. The van der Waals surface area contributed by atoms with Crippen LogP contribution in [0, 0.1) is 11.8 Å². The van der Waals surface area contributed by atoms with E-state index in [1.807, 2.05) is 0 Å². The Morgan fingerprint density at radius 3 is 1.35 bits per heavy atom. The zero-order chi connectivity index (χ0) is 15.4. The Morgan fingerprint density at radius 2 is 0.957 bits per heavy atom. The van der Waals surface area contributed by atoms with Crippen LogP contribution in [0.15, 0.2) is 0 Å². The molecule has 1 radical (unpaired) electrons. The number of hydrogen-bond donors (Lipinski definition) is 2. The molecule has 0 aromatic rings. The van der Waals surface area contributed by atoms with Gasteiger partial charge in [-0.05, 0) is 12.8 Å². The summed E-state index contributed by atoms with van der Waals surface area (Å²) in [5, 5.41) is 28.2. The van der Waals surface area contributed by atoms with E-state index in [0.29, 0.717) is 23.9 Å². The van der Waals surface area contributed by atoms with Gasteiger partial charge in [0, 0.05) is 12.2 Å². The van der Waals surface area contributed by atoms with Crippen LogP contribution >= 0.6 is 0 Å². The Labute approximate surface area is 151 Å². The number of aliphatic hydroxyl groups excluding tert-OH is 2. The van der Waals surface area contributed by atoms with Gasteiger partial charge in [-0.1, -0.05) is 63.2 Å². The minimum atomic E-state index is -0.117. The topological polar surface area (TPSA) is 68.7 Å². The molecule has 4 rings (SSSR count).